The average Bonchev–Trinajstić information content (AvgIpc) is 3.43. The molecule has 1 atom stereocenters. The molecule has 0 saturated carbocycles. The second-order valence-electron chi connectivity index (χ2n) is 8.13. The number of amides is 1. The number of methoxy groups -OCH3 is 1. The van der Waals surface area contributed by atoms with Gasteiger partial charge in [0.1, 0.15) is 17.3 Å². The number of ketones is 1. The van der Waals surface area contributed by atoms with Crippen LogP contribution in [0.4, 0.5) is 5.13 Å². The summed E-state index contributed by atoms with van der Waals surface area (Å²) < 4.78 is 11.6. The van der Waals surface area contributed by atoms with Gasteiger partial charge in [-0.1, -0.05) is 52.7 Å². The first kappa shape index (κ1) is 25.1. The van der Waals surface area contributed by atoms with Gasteiger partial charge in [0, 0.05) is 5.56 Å². The zero-order chi connectivity index (χ0) is 26.3. The normalized spacial score (nSPS) is 17.0. The fraction of sp³-hybridized carbons (Fsp3) is 0.148. The first-order chi connectivity index (χ1) is 17.8. The Morgan fingerprint density at radius 3 is 2.59 bits per heavy atom. The molecule has 7 nitrogen and oxygen atoms in total. The van der Waals surface area contributed by atoms with E-state index in [1.54, 1.807) is 54.6 Å². The molecule has 2 heterocycles. The number of halogens is 2. The first-order valence-electron chi connectivity index (χ1n) is 11.3. The van der Waals surface area contributed by atoms with Gasteiger partial charge in [-0.3, -0.25) is 14.5 Å². The van der Waals surface area contributed by atoms with Crippen molar-refractivity contribution in [1.29, 1.82) is 0 Å². The van der Waals surface area contributed by atoms with Crippen LogP contribution in [0.5, 0.6) is 11.5 Å². The highest BCUT2D eigenvalue weighted by Crippen LogP contribution is 2.45. The van der Waals surface area contributed by atoms with Crippen molar-refractivity contribution in [3.63, 3.8) is 0 Å². The number of hydrogen-bond donors (Lipinski definition) is 1. The number of aliphatic hydroxyl groups excluding tert-OH is 1. The molecule has 1 aromatic heterocycles. The summed E-state index contributed by atoms with van der Waals surface area (Å²) in [6.45, 7) is 2.40. The fourth-order valence-corrected chi connectivity index (χ4v) is 5.53. The standard InChI is InChI=1S/C27H20Cl2N2O5S/c1-3-36-17-8-10-20-21(13-17)37-27(30-20)31-23(14-7-9-18(28)19(29)12-14)22(25(33)26(31)34)24(32)15-5-4-6-16(11-15)35-2/h4-13,23,32H,3H2,1-2H3. The van der Waals surface area contributed by atoms with E-state index in [0.717, 1.165) is 4.70 Å². The van der Waals surface area contributed by atoms with Crippen LogP contribution in [0.25, 0.3) is 16.0 Å². The van der Waals surface area contributed by atoms with Crippen LogP contribution < -0.4 is 14.4 Å². The predicted octanol–water partition coefficient (Wildman–Crippen LogP) is 6.64. The third kappa shape index (κ3) is 4.52. The molecule has 0 radical (unpaired) electrons. The number of fused-ring (bicyclic) bond motifs is 1. The van der Waals surface area contributed by atoms with Crippen LogP contribution in [0.3, 0.4) is 0 Å². The maximum atomic E-state index is 13.4. The summed E-state index contributed by atoms with van der Waals surface area (Å²) in [6.07, 6.45) is 0. The van der Waals surface area contributed by atoms with Gasteiger partial charge in [-0.2, -0.15) is 0 Å². The molecular weight excluding hydrogens is 535 g/mol. The summed E-state index contributed by atoms with van der Waals surface area (Å²) in [5.74, 6) is -0.835. The number of nitrogens with zero attached hydrogens (tertiary/aromatic N) is 2. The van der Waals surface area contributed by atoms with Crippen molar-refractivity contribution in [3.05, 3.63) is 87.4 Å². The van der Waals surface area contributed by atoms with E-state index in [4.69, 9.17) is 32.7 Å². The molecule has 1 unspecified atom stereocenters. The summed E-state index contributed by atoms with van der Waals surface area (Å²) in [7, 11) is 1.50. The molecule has 1 aliphatic rings. The van der Waals surface area contributed by atoms with Crippen molar-refractivity contribution in [2.75, 3.05) is 18.6 Å². The van der Waals surface area contributed by atoms with Crippen LogP contribution >= 0.6 is 34.5 Å². The minimum atomic E-state index is -0.993. The first-order valence-corrected chi connectivity index (χ1v) is 12.8. The molecule has 188 valence electrons. The maximum Gasteiger partial charge on any atom is 0.301 e. The van der Waals surface area contributed by atoms with Crippen molar-refractivity contribution in [3.8, 4) is 11.5 Å². The molecule has 37 heavy (non-hydrogen) atoms. The van der Waals surface area contributed by atoms with E-state index < -0.39 is 17.7 Å². The SMILES string of the molecule is CCOc1ccc2nc(N3C(=O)C(=O)C(=C(O)c4cccc(OC)c4)C3c3ccc(Cl)c(Cl)c3)sc2c1. The summed E-state index contributed by atoms with van der Waals surface area (Å²) >= 11 is 13.7. The van der Waals surface area contributed by atoms with E-state index in [-0.39, 0.29) is 16.4 Å². The van der Waals surface area contributed by atoms with Gasteiger partial charge in [-0.25, -0.2) is 4.98 Å². The number of hydrogen-bond acceptors (Lipinski definition) is 7. The number of anilines is 1. The molecule has 5 rings (SSSR count). The zero-order valence-corrected chi connectivity index (χ0v) is 22.0. The number of ether oxygens (including phenoxy) is 2. The summed E-state index contributed by atoms with van der Waals surface area (Å²) in [5.41, 5.74) is 1.37. The summed E-state index contributed by atoms with van der Waals surface area (Å²) in [6, 6.07) is 15.9. The molecule has 1 saturated heterocycles. The second-order valence-corrected chi connectivity index (χ2v) is 9.96. The van der Waals surface area contributed by atoms with Crippen LogP contribution in [0, 0.1) is 0 Å². The smallest absolute Gasteiger partial charge is 0.301 e. The summed E-state index contributed by atoms with van der Waals surface area (Å²) in [4.78, 5) is 32.8. The highest BCUT2D eigenvalue weighted by molar-refractivity contribution is 7.22. The van der Waals surface area contributed by atoms with Crippen molar-refractivity contribution >= 4 is 67.3 Å². The Balaban J connectivity index is 1.71. The lowest BCUT2D eigenvalue weighted by molar-refractivity contribution is -0.132. The van der Waals surface area contributed by atoms with Crippen molar-refractivity contribution in [1.82, 2.24) is 4.98 Å². The van der Waals surface area contributed by atoms with Gasteiger partial charge < -0.3 is 14.6 Å². The predicted molar refractivity (Wildman–Crippen MR) is 145 cm³/mol. The monoisotopic (exact) mass is 554 g/mol. The van der Waals surface area contributed by atoms with E-state index >= 15 is 0 Å². The highest BCUT2D eigenvalue weighted by atomic mass is 35.5. The number of aromatic nitrogens is 1. The third-order valence-electron chi connectivity index (χ3n) is 5.91. The van der Waals surface area contributed by atoms with Crippen LogP contribution in [-0.2, 0) is 9.59 Å². The number of thiazole rings is 1. The van der Waals surface area contributed by atoms with Gasteiger partial charge in [0.15, 0.2) is 5.13 Å². The molecule has 1 N–H and O–H groups in total. The third-order valence-corrected chi connectivity index (χ3v) is 7.67. The number of aliphatic hydroxyl groups is 1. The van der Waals surface area contributed by atoms with E-state index in [0.29, 0.717) is 44.9 Å². The number of carbonyl (C=O) groups is 2. The van der Waals surface area contributed by atoms with Gasteiger partial charge in [0.25, 0.3) is 5.78 Å². The van der Waals surface area contributed by atoms with E-state index in [9.17, 15) is 14.7 Å². The minimum Gasteiger partial charge on any atom is -0.507 e. The molecule has 4 aromatic rings. The van der Waals surface area contributed by atoms with Gasteiger partial charge in [0.2, 0.25) is 0 Å². The van der Waals surface area contributed by atoms with Gasteiger partial charge in [-0.15, -0.1) is 0 Å². The van der Waals surface area contributed by atoms with Gasteiger partial charge in [0.05, 0.1) is 45.6 Å². The number of benzene rings is 3. The highest BCUT2D eigenvalue weighted by Gasteiger charge is 2.48. The average molecular weight is 555 g/mol. The van der Waals surface area contributed by atoms with Crippen molar-refractivity contribution in [2.45, 2.75) is 13.0 Å². The molecule has 0 bridgehead atoms. The van der Waals surface area contributed by atoms with Gasteiger partial charge >= 0.3 is 5.91 Å². The number of rotatable bonds is 6. The molecule has 1 fully saturated rings. The van der Waals surface area contributed by atoms with E-state index in [1.807, 2.05) is 13.0 Å². The topological polar surface area (TPSA) is 89.0 Å². The molecule has 1 amide bonds. The van der Waals surface area contributed by atoms with Crippen molar-refractivity contribution < 1.29 is 24.2 Å². The Bertz CT molecular complexity index is 1580. The zero-order valence-electron chi connectivity index (χ0n) is 19.7. The van der Waals surface area contributed by atoms with Crippen LogP contribution in [-0.4, -0.2) is 35.5 Å². The van der Waals surface area contributed by atoms with E-state index in [1.165, 1.54) is 23.3 Å². The number of Topliss-reactive ketones (excluding diaryl/α,β-unsaturated/α-hetero) is 1. The second kappa shape index (κ2) is 10.0. The molecular formula is C27H20Cl2N2O5S. The van der Waals surface area contributed by atoms with Crippen LogP contribution in [0.15, 0.2) is 66.2 Å². The Morgan fingerprint density at radius 1 is 1.05 bits per heavy atom. The Morgan fingerprint density at radius 2 is 1.86 bits per heavy atom. The molecule has 3 aromatic carbocycles. The Kier molecular flexibility index (Phi) is 6.81. The summed E-state index contributed by atoms with van der Waals surface area (Å²) in [5, 5.41) is 12.2. The Hall–Kier alpha value is -3.59. The lowest BCUT2D eigenvalue weighted by Gasteiger charge is -2.23. The lowest BCUT2D eigenvalue weighted by Crippen LogP contribution is -2.29. The van der Waals surface area contributed by atoms with E-state index in [2.05, 4.69) is 4.98 Å². The molecule has 0 aliphatic carbocycles. The van der Waals surface area contributed by atoms with Gasteiger partial charge in [-0.05, 0) is 55.0 Å². The largest absolute Gasteiger partial charge is 0.507 e. The van der Waals surface area contributed by atoms with Crippen LogP contribution in [0.1, 0.15) is 24.1 Å². The van der Waals surface area contributed by atoms with Crippen LogP contribution in [0.2, 0.25) is 10.0 Å². The minimum absolute atomic E-state index is 0.0918. The molecule has 1 aliphatic heterocycles. The fourth-order valence-electron chi connectivity index (χ4n) is 4.21. The quantitative estimate of drug-likeness (QED) is 0.163. The maximum absolute atomic E-state index is 13.4. The Labute approximate surface area is 226 Å². The lowest BCUT2D eigenvalue weighted by atomic mass is 9.95. The molecule has 10 heteroatoms. The number of carbonyl (C=O) groups excluding carboxylic acids is 2. The van der Waals surface area contributed by atoms with Crippen molar-refractivity contribution in [2.24, 2.45) is 0 Å². The molecule has 0 spiro atoms.